The quantitative estimate of drug-likeness (QED) is 0.291. The topological polar surface area (TPSA) is 68.3 Å². The molecule has 4 aromatic rings. The van der Waals surface area contributed by atoms with Gasteiger partial charge < -0.3 is 10.1 Å². The fourth-order valence-electron chi connectivity index (χ4n) is 4.35. The molecule has 6 heteroatoms. The maximum Gasteiger partial charge on any atom is 0.341 e. The van der Waals surface area contributed by atoms with Crippen LogP contribution >= 0.6 is 11.3 Å². The number of benzene rings is 2. The smallest absolute Gasteiger partial charge is 0.341 e. The van der Waals surface area contributed by atoms with Gasteiger partial charge in [0.15, 0.2) is 0 Å². The lowest BCUT2D eigenvalue weighted by atomic mass is 9.99. The Hall–Kier alpha value is -3.51. The summed E-state index contributed by atoms with van der Waals surface area (Å²) in [6, 6.07) is 15.7. The van der Waals surface area contributed by atoms with E-state index in [1.54, 1.807) is 0 Å². The van der Waals surface area contributed by atoms with Crippen molar-refractivity contribution >= 4 is 39.1 Å². The minimum Gasteiger partial charge on any atom is -0.459 e. The van der Waals surface area contributed by atoms with Crippen LogP contribution in [0.2, 0.25) is 0 Å². The summed E-state index contributed by atoms with van der Waals surface area (Å²) in [6.07, 6.45) is 0.427. The number of rotatable bonds is 6. The molecular formula is C29H30N2O3S. The number of pyridine rings is 1. The van der Waals surface area contributed by atoms with Crippen molar-refractivity contribution in [3.8, 4) is 11.3 Å². The molecule has 0 radical (unpaired) electrons. The largest absolute Gasteiger partial charge is 0.459 e. The van der Waals surface area contributed by atoms with Gasteiger partial charge in [-0.15, -0.1) is 11.3 Å². The first-order chi connectivity index (χ1) is 16.7. The van der Waals surface area contributed by atoms with E-state index in [4.69, 9.17) is 9.72 Å². The van der Waals surface area contributed by atoms with Gasteiger partial charge >= 0.3 is 5.97 Å². The zero-order valence-electron chi connectivity index (χ0n) is 21.0. The van der Waals surface area contributed by atoms with Crippen LogP contribution in [0.3, 0.4) is 0 Å². The van der Waals surface area contributed by atoms with Crippen molar-refractivity contribution < 1.29 is 14.3 Å². The average molecular weight is 487 g/mol. The van der Waals surface area contributed by atoms with Crippen LogP contribution in [0.4, 0.5) is 5.00 Å². The highest BCUT2D eigenvalue weighted by Gasteiger charge is 2.25. The molecule has 0 atom stereocenters. The van der Waals surface area contributed by atoms with Crippen molar-refractivity contribution in [2.45, 2.75) is 54.1 Å². The summed E-state index contributed by atoms with van der Waals surface area (Å²) in [6.45, 7) is 11.7. The first kappa shape index (κ1) is 24.6. The Balaban J connectivity index is 1.81. The number of nitrogens with one attached hydrogen (secondary N) is 1. The summed E-state index contributed by atoms with van der Waals surface area (Å²) in [5, 5.41) is 4.30. The van der Waals surface area contributed by atoms with Crippen LogP contribution in [-0.4, -0.2) is 23.0 Å². The van der Waals surface area contributed by atoms with Crippen molar-refractivity contribution in [2.75, 3.05) is 5.32 Å². The lowest BCUT2D eigenvalue weighted by Gasteiger charge is -2.13. The minimum atomic E-state index is -0.410. The van der Waals surface area contributed by atoms with Gasteiger partial charge in [-0.1, -0.05) is 48.9 Å². The molecule has 0 aliphatic carbocycles. The molecule has 0 spiro atoms. The molecule has 4 rings (SSSR count). The van der Waals surface area contributed by atoms with Crippen LogP contribution in [0.5, 0.6) is 0 Å². The number of para-hydroxylation sites is 1. The van der Waals surface area contributed by atoms with Crippen LogP contribution < -0.4 is 5.32 Å². The fraction of sp³-hybridized carbons (Fsp3) is 0.276. The first-order valence-electron chi connectivity index (χ1n) is 11.8. The monoisotopic (exact) mass is 486 g/mol. The number of esters is 1. The molecule has 0 unspecified atom stereocenters. The van der Waals surface area contributed by atoms with Gasteiger partial charge in [0.2, 0.25) is 0 Å². The highest BCUT2D eigenvalue weighted by Crippen LogP contribution is 2.35. The second-order valence-corrected chi connectivity index (χ2v) is 10.2. The zero-order chi connectivity index (χ0) is 25.3. The van der Waals surface area contributed by atoms with Crippen LogP contribution in [-0.2, 0) is 11.2 Å². The Kier molecular flexibility index (Phi) is 7.03. The second-order valence-electron chi connectivity index (χ2n) is 8.99. The molecule has 0 saturated heterocycles. The van der Waals surface area contributed by atoms with Crippen molar-refractivity contribution in [3.05, 3.63) is 81.2 Å². The lowest BCUT2D eigenvalue weighted by molar-refractivity contribution is 0.0378. The molecule has 2 heterocycles. The van der Waals surface area contributed by atoms with E-state index in [-0.39, 0.29) is 12.0 Å². The van der Waals surface area contributed by atoms with Gasteiger partial charge in [0, 0.05) is 15.8 Å². The second kappa shape index (κ2) is 10.0. The molecule has 180 valence electrons. The highest BCUT2D eigenvalue weighted by molar-refractivity contribution is 7.16. The van der Waals surface area contributed by atoms with Crippen molar-refractivity contribution in [2.24, 2.45) is 0 Å². The van der Waals surface area contributed by atoms with E-state index in [0.717, 1.165) is 38.2 Å². The van der Waals surface area contributed by atoms with E-state index in [0.29, 0.717) is 22.5 Å². The number of hydrogen-bond donors (Lipinski definition) is 1. The summed E-state index contributed by atoms with van der Waals surface area (Å²) < 4.78 is 5.50. The molecule has 1 amide bonds. The summed E-state index contributed by atoms with van der Waals surface area (Å²) in [7, 11) is 0. The number of thiophene rings is 1. The third-order valence-electron chi connectivity index (χ3n) is 5.96. The number of carbonyl (C=O) groups excluding carboxylic acids is 2. The molecule has 35 heavy (non-hydrogen) atoms. The maximum absolute atomic E-state index is 13.7. The van der Waals surface area contributed by atoms with E-state index >= 15 is 0 Å². The number of hydrogen-bond acceptors (Lipinski definition) is 5. The maximum atomic E-state index is 13.7. The summed E-state index contributed by atoms with van der Waals surface area (Å²) in [5.41, 5.74) is 6.60. The number of nitrogens with zero attached hydrogens (tertiary/aromatic N) is 1. The Labute approximate surface area is 210 Å². The molecule has 0 bridgehead atoms. The van der Waals surface area contributed by atoms with E-state index in [2.05, 4.69) is 18.3 Å². The summed E-state index contributed by atoms with van der Waals surface area (Å²) in [5.74, 6) is -0.691. The highest BCUT2D eigenvalue weighted by atomic mass is 32.1. The lowest BCUT2D eigenvalue weighted by Crippen LogP contribution is -2.17. The first-order valence-corrected chi connectivity index (χ1v) is 12.6. The SMILES string of the molecule is CCc1c(C)sc(NC(=O)c2cc(-c3ccc(C)cc3C)nc3ccccc23)c1C(=O)OC(C)C. The Bertz CT molecular complexity index is 1440. The summed E-state index contributed by atoms with van der Waals surface area (Å²) >= 11 is 1.41. The average Bonchev–Trinajstić information content (AvgIpc) is 3.12. The number of carbonyl (C=O) groups is 2. The van der Waals surface area contributed by atoms with Crippen LogP contribution in [0.15, 0.2) is 48.5 Å². The van der Waals surface area contributed by atoms with Gasteiger partial charge in [-0.05, 0) is 64.3 Å². The van der Waals surface area contributed by atoms with Crippen LogP contribution in [0.25, 0.3) is 22.2 Å². The normalized spacial score (nSPS) is 11.2. The zero-order valence-corrected chi connectivity index (χ0v) is 21.8. The van der Waals surface area contributed by atoms with E-state index in [1.165, 1.54) is 16.9 Å². The Morgan fingerprint density at radius 3 is 2.49 bits per heavy atom. The van der Waals surface area contributed by atoms with Gasteiger partial charge in [-0.3, -0.25) is 4.79 Å². The van der Waals surface area contributed by atoms with Gasteiger partial charge in [-0.2, -0.15) is 0 Å². The molecule has 5 nitrogen and oxygen atoms in total. The molecular weight excluding hydrogens is 456 g/mol. The predicted octanol–water partition coefficient (Wildman–Crippen LogP) is 7.27. The van der Waals surface area contributed by atoms with Gasteiger partial charge in [0.25, 0.3) is 5.91 Å². The molecule has 0 aliphatic heterocycles. The van der Waals surface area contributed by atoms with Gasteiger partial charge in [-0.25, -0.2) is 9.78 Å². The number of ether oxygens (including phenoxy) is 1. The van der Waals surface area contributed by atoms with E-state index in [9.17, 15) is 9.59 Å². The van der Waals surface area contributed by atoms with Crippen LogP contribution in [0, 0.1) is 20.8 Å². The predicted molar refractivity (Wildman–Crippen MR) is 144 cm³/mol. The number of anilines is 1. The molecule has 2 aromatic heterocycles. The third kappa shape index (κ3) is 4.98. The van der Waals surface area contributed by atoms with Crippen molar-refractivity contribution in [1.82, 2.24) is 4.98 Å². The number of fused-ring (bicyclic) bond motifs is 1. The standard InChI is InChI=1S/C29H30N2O3S/c1-7-20-19(6)35-28(26(20)29(33)34-16(2)3)31-27(32)23-15-25(21-13-12-17(4)14-18(21)5)30-24-11-9-8-10-22(23)24/h8-16H,7H2,1-6H3,(H,31,32). The van der Waals surface area contributed by atoms with Crippen LogP contribution in [0.1, 0.15) is 63.1 Å². The minimum absolute atomic E-state index is 0.250. The number of aryl methyl sites for hydroxylation is 3. The molecule has 2 aromatic carbocycles. The van der Waals surface area contributed by atoms with Gasteiger partial charge in [0.1, 0.15) is 5.00 Å². The Morgan fingerprint density at radius 1 is 1.06 bits per heavy atom. The molecule has 1 N–H and O–H groups in total. The van der Waals surface area contributed by atoms with E-state index < -0.39 is 5.97 Å². The number of amides is 1. The molecule has 0 fully saturated rings. The Morgan fingerprint density at radius 2 is 1.80 bits per heavy atom. The number of aromatic nitrogens is 1. The molecule has 0 saturated carbocycles. The fourth-order valence-corrected chi connectivity index (χ4v) is 5.48. The summed E-state index contributed by atoms with van der Waals surface area (Å²) in [4.78, 5) is 32.4. The third-order valence-corrected chi connectivity index (χ3v) is 7.02. The van der Waals surface area contributed by atoms with Crippen molar-refractivity contribution in [3.63, 3.8) is 0 Å². The van der Waals surface area contributed by atoms with Crippen molar-refractivity contribution in [1.29, 1.82) is 0 Å². The van der Waals surface area contributed by atoms with E-state index in [1.807, 2.05) is 77.1 Å². The van der Waals surface area contributed by atoms with Gasteiger partial charge in [0.05, 0.1) is 28.4 Å². The molecule has 0 aliphatic rings.